The van der Waals surface area contributed by atoms with Crippen LogP contribution in [0.3, 0.4) is 0 Å². The lowest BCUT2D eigenvalue weighted by atomic mass is 10.2. The Hall–Kier alpha value is -1.09. The van der Waals surface area contributed by atoms with E-state index in [9.17, 15) is 0 Å². The molecule has 0 aliphatic rings. The van der Waals surface area contributed by atoms with Crippen LogP contribution < -0.4 is 5.73 Å². The lowest BCUT2D eigenvalue weighted by molar-refractivity contribution is 1.12. The van der Waals surface area contributed by atoms with Gasteiger partial charge < -0.3 is 5.73 Å². The third-order valence-corrected chi connectivity index (χ3v) is 1.38. The summed E-state index contributed by atoms with van der Waals surface area (Å²) in [5.74, 6) is 0.111. The number of rotatable bonds is 2. The molecule has 0 radical (unpaired) electrons. The second-order valence-electron chi connectivity index (χ2n) is 2.17. The van der Waals surface area contributed by atoms with E-state index >= 15 is 0 Å². The number of nitrogens with zero attached hydrogens (tertiary/aromatic N) is 1. The maximum absolute atomic E-state index is 6.99. The van der Waals surface area contributed by atoms with E-state index < -0.39 is 0 Å². The molecular weight excluding hydrogens is 162 g/mol. The molecule has 1 aromatic heterocycles. The van der Waals surface area contributed by atoms with E-state index in [0.717, 1.165) is 5.69 Å². The molecule has 4 heteroatoms. The van der Waals surface area contributed by atoms with Crippen LogP contribution in [0, 0.1) is 5.41 Å². The van der Waals surface area contributed by atoms with Crippen LogP contribution in [0.4, 0.5) is 0 Å². The SMILES string of the molecule is N=C(N)Cc1ccc(Cl)cn1. The molecule has 11 heavy (non-hydrogen) atoms. The molecule has 0 aliphatic carbocycles. The van der Waals surface area contributed by atoms with Gasteiger partial charge in [-0.15, -0.1) is 0 Å². The summed E-state index contributed by atoms with van der Waals surface area (Å²) in [6.45, 7) is 0. The van der Waals surface area contributed by atoms with Gasteiger partial charge in [0, 0.05) is 18.3 Å². The average molecular weight is 170 g/mol. The zero-order valence-corrected chi connectivity index (χ0v) is 6.60. The van der Waals surface area contributed by atoms with E-state index in [0.29, 0.717) is 11.4 Å². The first-order valence-electron chi connectivity index (χ1n) is 3.12. The zero-order valence-electron chi connectivity index (χ0n) is 5.84. The zero-order chi connectivity index (χ0) is 8.27. The Kier molecular flexibility index (Phi) is 2.44. The van der Waals surface area contributed by atoms with Crippen molar-refractivity contribution in [3.8, 4) is 0 Å². The second kappa shape index (κ2) is 3.34. The Labute approximate surface area is 69.7 Å². The summed E-state index contributed by atoms with van der Waals surface area (Å²) in [6, 6.07) is 3.48. The summed E-state index contributed by atoms with van der Waals surface area (Å²) in [6.07, 6.45) is 1.93. The van der Waals surface area contributed by atoms with Gasteiger partial charge in [-0.05, 0) is 12.1 Å². The minimum Gasteiger partial charge on any atom is -0.387 e. The van der Waals surface area contributed by atoms with Gasteiger partial charge in [0.15, 0.2) is 0 Å². The molecule has 1 rings (SSSR count). The van der Waals surface area contributed by atoms with Gasteiger partial charge in [-0.2, -0.15) is 0 Å². The van der Waals surface area contributed by atoms with E-state index in [1.165, 1.54) is 0 Å². The summed E-state index contributed by atoms with van der Waals surface area (Å²) in [5.41, 5.74) is 5.94. The summed E-state index contributed by atoms with van der Waals surface area (Å²) >= 11 is 5.60. The van der Waals surface area contributed by atoms with Crippen LogP contribution in [0.15, 0.2) is 18.3 Å². The van der Waals surface area contributed by atoms with Gasteiger partial charge >= 0.3 is 0 Å². The van der Waals surface area contributed by atoms with Crippen molar-refractivity contribution in [1.82, 2.24) is 4.98 Å². The van der Waals surface area contributed by atoms with Crippen molar-refractivity contribution in [2.24, 2.45) is 5.73 Å². The molecule has 0 saturated heterocycles. The Morgan fingerprint density at radius 2 is 2.36 bits per heavy atom. The fourth-order valence-electron chi connectivity index (χ4n) is 0.706. The van der Waals surface area contributed by atoms with Crippen molar-refractivity contribution in [3.05, 3.63) is 29.0 Å². The minimum atomic E-state index is 0.111. The molecule has 0 aliphatic heterocycles. The fourth-order valence-corrected chi connectivity index (χ4v) is 0.818. The van der Waals surface area contributed by atoms with Gasteiger partial charge in [-0.1, -0.05) is 11.6 Å². The van der Waals surface area contributed by atoms with Crippen molar-refractivity contribution in [2.45, 2.75) is 6.42 Å². The van der Waals surface area contributed by atoms with Crippen LogP contribution in [0.2, 0.25) is 5.02 Å². The number of amidine groups is 1. The first-order chi connectivity index (χ1) is 5.18. The number of hydrogen-bond donors (Lipinski definition) is 2. The maximum Gasteiger partial charge on any atom is 0.0966 e. The van der Waals surface area contributed by atoms with Crippen molar-refractivity contribution in [2.75, 3.05) is 0 Å². The van der Waals surface area contributed by atoms with Crippen molar-refractivity contribution in [1.29, 1.82) is 5.41 Å². The summed E-state index contributed by atoms with van der Waals surface area (Å²) in [7, 11) is 0. The van der Waals surface area contributed by atoms with E-state index in [1.807, 2.05) is 0 Å². The smallest absolute Gasteiger partial charge is 0.0966 e. The largest absolute Gasteiger partial charge is 0.387 e. The lowest BCUT2D eigenvalue weighted by Gasteiger charge is -1.96. The summed E-state index contributed by atoms with van der Waals surface area (Å²) in [5, 5.41) is 7.58. The fraction of sp³-hybridized carbons (Fsp3) is 0.143. The van der Waals surface area contributed by atoms with E-state index in [-0.39, 0.29) is 5.84 Å². The third-order valence-electron chi connectivity index (χ3n) is 1.16. The Morgan fingerprint density at radius 3 is 2.82 bits per heavy atom. The number of nitrogens with one attached hydrogen (secondary N) is 1. The van der Waals surface area contributed by atoms with Crippen LogP contribution in [0.25, 0.3) is 0 Å². The molecule has 0 unspecified atom stereocenters. The van der Waals surface area contributed by atoms with Gasteiger partial charge in [0.1, 0.15) is 0 Å². The molecule has 3 N–H and O–H groups in total. The molecule has 3 nitrogen and oxygen atoms in total. The lowest BCUT2D eigenvalue weighted by Crippen LogP contribution is -2.13. The van der Waals surface area contributed by atoms with Crippen LogP contribution >= 0.6 is 11.6 Å². The van der Waals surface area contributed by atoms with Gasteiger partial charge in [-0.25, -0.2) is 0 Å². The third kappa shape index (κ3) is 2.55. The molecule has 0 aromatic carbocycles. The Bertz CT molecular complexity index is 255. The highest BCUT2D eigenvalue weighted by molar-refractivity contribution is 6.30. The average Bonchev–Trinajstić information content (AvgIpc) is 1.93. The van der Waals surface area contributed by atoms with E-state index in [1.54, 1.807) is 18.3 Å². The maximum atomic E-state index is 6.99. The quantitative estimate of drug-likeness (QED) is 0.517. The molecule has 1 heterocycles. The van der Waals surface area contributed by atoms with Crippen LogP contribution in [-0.2, 0) is 6.42 Å². The highest BCUT2D eigenvalue weighted by Gasteiger charge is 1.95. The predicted molar refractivity (Wildman–Crippen MR) is 44.9 cm³/mol. The molecular formula is C7H8ClN3. The number of halogens is 1. The summed E-state index contributed by atoms with van der Waals surface area (Å²) in [4.78, 5) is 3.97. The molecule has 0 spiro atoms. The molecule has 0 atom stereocenters. The molecule has 58 valence electrons. The Balaban J connectivity index is 2.74. The van der Waals surface area contributed by atoms with Gasteiger partial charge in [0.2, 0.25) is 0 Å². The Morgan fingerprint density at radius 1 is 1.64 bits per heavy atom. The van der Waals surface area contributed by atoms with E-state index in [4.69, 9.17) is 22.7 Å². The monoisotopic (exact) mass is 169 g/mol. The van der Waals surface area contributed by atoms with Crippen LogP contribution in [0.1, 0.15) is 5.69 Å². The first-order valence-corrected chi connectivity index (χ1v) is 3.49. The van der Waals surface area contributed by atoms with Crippen LogP contribution in [-0.4, -0.2) is 10.8 Å². The summed E-state index contributed by atoms with van der Waals surface area (Å²) < 4.78 is 0. The molecule has 1 aromatic rings. The molecule has 0 amide bonds. The van der Waals surface area contributed by atoms with Crippen molar-refractivity contribution >= 4 is 17.4 Å². The highest BCUT2D eigenvalue weighted by Crippen LogP contribution is 2.05. The minimum absolute atomic E-state index is 0.111. The topological polar surface area (TPSA) is 62.8 Å². The predicted octanol–water partition coefficient (Wildman–Crippen LogP) is 1.21. The van der Waals surface area contributed by atoms with Gasteiger partial charge in [0.05, 0.1) is 10.9 Å². The van der Waals surface area contributed by atoms with Gasteiger partial charge in [0.25, 0.3) is 0 Å². The van der Waals surface area contributed by atoms with Crippen molar-refractivity contribution in [3.63, 3.8) is 0 Å². The number of hydrogen-bond acceptors (Lipinski definition) is 2. The second-order valence-corrected chi connectivity index (χ2v) is 2.61. The highest BCUT2D eigenvalue weighted by atomic mass is 35.5. The molecule has 0 fully saturated rings. The standard InChI is InChI=1S/C7H8ClN3/c8-5-1-2-6(11-4-5)3-7(9)10/h1-2,4H,3H2,(H3,9,10). The van der Waals surface area contributed by atoms with Crippen molar-refractivity contribution < 1.29 is 0 Å². The van der Waals surface area contributed by atoms with Crippen LogP contribution in [0.5, 0.6) is 0 Å². The normalized spacial score (nSPS) is 9.55. The molecule has 0 saturated carbocycles. The first kappa shape index (κ1) is 8.01. The number of nitrogens with two attached hydrogens (primary N) is 1. The molecule has 0 bridgehead atoms. The van der Waals surface area contributed by atoms with Gasteiger partial charge in [-0.3, -0.25) is 10.4 Å². The number of pyridine rings is 1. The number of aromatic nitrogens is 1. The van der Waals surface area contributed by atoms with E-state index in [2.05, 4.69) is 4.98 Å².